The number of aryl methyl sites for hydroxylation is 1. The molecule has 10 heteroatoms. The van der Waals surface area contributed by atoms with Gasteiger partial charge < -0.3 is 4.74 Å². The van der Waals surface area contributed by atoms with Crippen LogP contribution in [0.15, 0.2) is 54.7 Å². The van der Waals surface area contributed by atoms with Crippen molar-refractivity contribution in [3.63, 3.8) is 0 Å². The predicted molar refractivity (Wildman–Crippen MR) is 117 cm³/mol. The molecule has 0 unspecified atom stereocenters. The normalized spacial score (nSPS) is 13.5. The summed E-state index contributed by atoms with van der Waals surface area (Å²) < 4.78 is 31.9. The number of hydrogen-bond acceptors (Lipinski definition) is 7. The Bertz CT molecular complexity index is 1250. The van der Waals surface area contributed by atoms with Gasteiger partial charge in [0.1, 0.15) is 0 Å². The summed E-state index contributed by atoms with van der Waals surface area (Å²) in [7, 11) is -3.38. The second kappa shape index (κ2) is 8.91. The van der Waals surface area contributed by atoms with E-state index in [9.17, 15) is 18.0 Å². The zero-order chi connectivity index (χ0) is 22.7. The molecule has 2 heterocycles. The highest BCUT2D eigenvalue weighted by atomic mass is 32.2. The maximum Gasteiger partial charge on any atom is 0.360 e. The first-order valence-electron chi connectivity index (χ1n) is 10.1. The van der Waals surface area contributed by atoms with Gasteiger partial charge in [0.15, 0.2) is 18.1 Å². The Morgan fingerprint density at radius 1 is 1.12 bits per heavy atom. The number of nitrogens with zero attached hydrogens (tertiary/aromatic N) is 4. The number of esters is 1. The van der Waals surface area contributed by atoms with Crippen LogP contribution in [0.2, 0.25) is 0 Å². The highest BCUT2D eigenvalue weighted by Gasteiger charge is 2.25. The lowest BCUT2D eigenvalue weighted by molar-refractivity contribution is 0.0468. The van der Waals surface area contributed by atoms with Gasteiger partial charge >= 0.3 is 5.97 Å². The average molecular weight is 455 g/mol. The maximum atomic E-state index is 12.5. The summed E-state index contributed by atoms with van der Waals surface area (Å²) >= 11 is 0. The Kier molecular flexibility index (Phi) is 6.04. The highest BCUT2D eigenvalue weighted by molar-refractivity contribution is 7.92. The standard InChI is InChI=1S/C22H22N4O5S/c1-32(29,30)26-11-5-8-17-12-18(9-10-20(17)26)21(27)15-31-22(28)19-14-25(24-23-19)13-16-6-3-2-4-7-16/h2-4,6-7,9-10,12,14H,5,8,11,13,15H2,1H3. The van der Waals surface area contributed by atoms with Crippen molar-refractivity contribution in [1.82, 2.24) is 15.0 Å². The molecule has 0 saturated carbocycles. The number of benzene rings is 2. The third-order valence-electron chi connectivity index (χ3n) is 5.15. The molecule has 3 aromatic rings. The van der Waals surface area contributed by atoms with E-state index in [1.165, 1.54) is 15.2 Å². The summed E-state index contributed by atoms with van der Waals surface area (Å²) in [5.74, 6) is -1.12. The molecule has 0 saturated heterocycles. The molecular weight excluding hydrogens is 432 g/mol. The lowest BCUT2D eigenvalue weighted by Crippen LogP contribution is -2.34. The fraction of sp³-hybridized carbons (Fsp3) is 0.273. The van der Waals surface area contributed by atoms with Crippen molar-refractivity contribution < 1.29 is 22.7 Å². The van der Waals surface area contributed by atoms with Crippen LogP contribution in [0.5, 0.6) is 0 Å². The molecule has 0 atom stereocenters. The maximum absolute atomic E-state index is 12.5. The monoisotopic (exact) mass is 454 g/mol. The second-order valence-corrected chi connectivity index (χ2v) is 9.48. The molecule has 1 aromatic heterocycles. The molecule has 2 aromatic carbocycles. The minimum absolute atomic E-state index is 0.0166. The Morgan fingerprint density at radius 2 is 1.91 bits per heavy atom. The first-order valence-corrected chi connectivity index (χ1v) is 11.9. The van der Waals surface area contributed by atoms with E-state index in [2.05, 4.69) is 10.3 Å². The van der Waals surface area contributed by atoms with Crippen LogP contribution < -0.4 is 4.31 Å². The second-order valence-electron chi connectivity index (χ2n) is 7.57. The van der Waals surface area contributed by atoms with Gasteiger partial charge in [-0.1, -0.05) is 35.5 Å². The summed E-state index contributed by atoms with van der Waals surface area (Å²) in [6.45, 7) is 0.431. The van der Waals surface area contributed by atoms with Crippen LogP contribution in [-0.2, 0) is 27.7 Å². The number of rotatable bonds is 7. The summed E-state index contributed by atoms with van der Waals surface area (Å²) in [4.78, 5) is 24.8. The lowest BCUT2D eigenvalue weighted by Gasteiger charge is -2.29. The SMILES string of the molecule is CS(=O)(=O)N1CCCc2cc(C(=O)COC(=O)c3cn(Cc4ccccc4)nn3)ccc21. The molecule has 0 amide bonds. The number of aromatic nitrogens is 3. The third kappa shape index (κ3) is 4.86. The lowest BCUT2D eigenvalue weighted by atomic mass is 9.99. The van der Waals surface area contributed by atoms with Crippen molar-refractivity contribution in [3.8, 4) is 0 Å². The number of ether oxygens (including phenoxy) is 1. The van der Waals surface area contributed by atoms with E-state index in [0.717, 1.165) is 17.4 Å². The van der Waals surface area contributed by atoms with E-state index in [0.29, 0.717) is 37.2 Å². The van der Waals surface area contributed by atoms with Gasteiger partial charge in [0.25, 0.3) is 0 Å². The number of fused-ring (bicyclic) bond motifs is 1. The van der Waals surface area contributed by atoms with E-state index < -0.39 is 22.6 Å². The van der Waals surface area contributed by atoms with Gasteiger partial charge in [-0.15, -0.1) is 5.10 Å². The van der Waals surface area contributed by atoms with Crippen LogP contribution in [0.1, 0.15) is 38.4 Å². The molecule has 9 nitrogen and oxygen atoms in total. The van der Waals surface area contributed by atoms with E-state index in [4.69, 9.17) is 4.74 Å². The van der Waals surface area contributed by atoms with Crippen molar-refractivity contribution in [2.24, 2.45) is 0 Å². The van der Waals surface area contributed by atoms with E-state index >= 15 is 0 Å². The van der Waals surface area contributed by atoms with Gasteiger partial charge in [-0.05, 0) is 42.2 Å². The van der Waals surface area contributed by atoms with Crippen LogP contribution in [0.4, 0.5) is 5.69 Å². The first kappa shape index (κ1) is 21.7. The van der Waals surface area contributed by atoms with Crippen LogP contribution in [-0.4, -0.2) is 54.6 Å². The zero-order valence-electron chi connectivity index (χ0n) is 17.5. The fourth-order valence-electron chi connectivity index (χ4n) is 3.61. The van der Waals surface area contributed by atoms with Gasteiger partial charge in [-0.3, -0.25) is 9.10 Å². The van der Waals surface area contributed by atoms with Crippen LogP contribution in [0.3, 0.4) is 0 Å². The number of sulfonamides is 1. The summed E-state index contributed by atoms with van der Waals surface area (Å²) in [5.41, 5.74) is 2.75. The van der Waals surface area contributed by atoms with Crippen molar-refractivity contribution >= 4 is 27.5 Å². The third-order valence-corrected chi connectivity index (χ3v) is 6.33. The molecule has 0 fully saturated rings. The summed E-state index contributed by atoms with van der Waals surface area (Å²) in [5, 5.41) is 7.74. The number of carbonyl (C=O) groups is 2. The van der Waals surface area contributed by atoms with Gasteiger partial charge in [0, 0.05) is 12.1 Å². The van der Waals surface area contributed by atoms with E-state index in [1.54, 1.807) is 18.2 Å². The topological polar surface area (TPSA) is 111 Å². The van der Waals surface area contributed by atoms with Gasteiger partial charge in [-0.2, -0.15) is 0 Å². The Balaban J connectivity index is 1.38. The fourth-order valence-corrected chi connectivity index (χ4v) is 4.60. The molecule has 1 aliphatic rings. The van der Waals surface area contributed by atoms with Gasteiger partial charge in [0.2, 0.25) is 10.0 Å². The van der Waals surface area contributed by atoms with Crippen LogP contribution >= 0.6 is 0 Å². The molecule has 0 aliphatic carbocycles. The van der Waals surface area contributed by atoms with E-state index in [1.807, 2.05) is 30.3 Å². The van der Waals surface area contributed by atoms with Crippen molar-refractivity contribution in [2.75, 3.05) is 23.7 Å². The minimum atomic E-state index is -3.38. The predicted octanol–water partition coefficient (Wildman–Crippen LogP) is 2.08. The van der Waals surface area contributed by atoms with E-state index in [-0.39, 0.29) is 11.5 Å². The molecule has 4 rings (SSSR count). The molecule has 0 radical (unpaired) electrons. The van der Waals surface area contributed by atoms with Crippen molar-refractivity contribution in [2.45, 2.75) is 19.4 Å². The number of anilines is 1. The van der Waals surface area contributed by atoms with Crippen LogP contribution in [0, 0.1) is 0 Å². The van der Waals surface area contributed by atoms with Gasteiger partial charge in [-0.25, -0.2) is 17.9 Å². The van der Waals surface area contributed by atoms with Crippen molar-refractivity contribution in [1.29, 1.82) is 0 Å². The minimum Gasteiger partial charge on any atom is -0.452 e. The Morgan fingerprint density at radius 3 is 2.66 bits per heavy atom. The zero-order valence-corrected chi connectivity index (χ0v) is 18.3. The summed E-state index contributed by atoms with van der Waals surface area (Å²) in [6.07, 6.45) is 3.98. The smallest absolute Gasteiger partial charge is 0.360 e. The van der Waals surface area contributed by atoms with Crippen molar-refractivity contribution in [3.05, 3.63) is 77.1 Å². The molecule has 0 spiro atoms. The molecule has 1 aliphatic heterocycles. The largest absolute Gasteiger partial charge is 0.452 e. The Labute approximate surface area is 185 Å². The quantitative estimate of drug-likeness (QED) is 0.397. The molecule has 32 heavy (non-hydrogen) atoms. The number of ketones is 1. The van der Waals surface area contributed by atoms with Crippen LogP contribution in [0.25, 0.3) is 0 Å². The van der Waals surface area contributed by atoms with Gasteiger partial charge in [0.05, 0.1) is 24.7 Å². The molecule has 166 valence electrons. The first-order chi connectivity index (χ1) is 15.3. The average Bonchev–Trinajstić information content (AvgIpc) is 3.25. The number of Topliss-reactive ketones (excluding diaryl/α,β-unsaturated/α-hetero) is 1. The molecule has 0 bridgehead atoms. The Hall–Kier alpha value is -3.53. The highest BCUT2D eigenvalue weighted by Crippen LogP contribution is 2.30. The molecular formula is C22H22N4O5S. The number of hydrogen-bond donors (Lipinski definition) is 0. The summed E-state index contributed by atoms with van der Waals surface area (Å²) in [6, 6.07) is 14.4. The number of carbonyl (C=O) groups excluding carboxylic acids is 2. The molecule has 0 N–H and O–H groups in total.